The molecule has 0 saturated carbocycles. The summed E-state index contributed by atoms with van der Waals surface area (Å²) in [6.07, 6.45) is 5.68. The van der Waals surface area contributed by atoms with E-state index in [4.69, 9.17) is 0 Å². The molecule has 1 unspecified atom stereocenters. The van der Waals surface area contributed by atoms with Crippen LogP contribution in [-0.2, 0) is 4.79 Å². The van der Waals surface area contributed by atoms with Crippen LogP contribution in [0.25, 0.3) is 6.08 Å². The molecule has 0 saturated heterocycles. The molecule has 1 rings (SSSR count). The maximum Gasteiger partial charge on any atom is 0.133 e. The van der Waals surface area contributed by atoms with Crippen LogP contribution in [0.2, 0.25) is 0 Å². The van der Waals surface area contributed by atoms with E-state index in [1.807, 2.05) is 18.2 Å². The lowest BCUT2D eigenvalue weighted by molar-refractivity contribution is -0.115. The van der Waals surface area contributed by atoms with Crippen LogP contribution >= 0.6 is 0 Å². The maximum absolute atomic E-state index is 10.9. The number of ketones is 1. The smallest absolute Gasteiger partial charge is 0.133 e. The van der Waals surface area contributed by atoms with E-state index >= 15 is 0 Å². The number of hydrogen-bond donors (Lipinski definition) is 0. The van der Waals surface area contributed by atoms with Crippen molar-refractivity contribution < 1.29 is 4.79 Å². The molecule has 1 nitrogen and oxygen atoms in total. The van der Waals surface area contributed by atoms with E-state index in [1.165, 1.54) is 5.56 Å². The molecule has 0 heterocycles. The zero-order valence-corrected chi connectivity index (χ0v) is 9.15. The lowest BCUT2D eigenvalue weighted by Crippen LogP contribution is -2.01. The Morgan fingerprint density at radius 2 is 2.07 bits per heavy atom. The molecule has 1 aromatic carbocycles. The molecule has 1 atom stereocenters. The molecule has 1 heteroatoms. The predicted molar refractivity (Wildman–Crippen MR) is 64.2 cm³/mol. The van der Waals surface area contributed by atoms with Crippen molar-refractivity contribution >= 4 is 11.9 Å². The van der Waals surface area contributed by atoms with Crippen molar-refractivity contribution in [2.45, 2.75) is 19.8 Å². The average Bonchev–Trinajstić information content (AvgIpc) is 2.25. The number of Topliss-reactive ketones (excluding diaryl/α,β-unsaturated/α-hetero) is 1. The van der Waals surface area contributed by atoms with Crippen molar-refractivity contribution in [3.05, 3.63) is 48.9 Å². The van der Waals surface area contributed by atoms with Crippen molar-refractivity contribution in [1.82, 2.24) is 0 Å². The molecular formula is C14H17O. The summed E-state index contributed by atoms with van der Waals surface area (Å²) in [4.78, 5) is 10.9. The van der Waals surface area contributed by atoms with Gasteiger partial charge in [-0.3, -0.25) is 4.79 Å². The van der Waals surface area contributed by atoms with Gasteiger partial charge in [0.2, 0.25) is 0 Å². The number of carbonyl (C=O) groups is 1. The zero-order chi connectivity index (χ0) is 11.1. The van der Waals surface area contributed by atoms with Gasteiger partial charge < -0.3 is 0 Å². The Morgan fingerprint density at radius 3 is 2.60 bits per heavy atom. The fourth-order valence-electron chi connectivity index (χ4n) is 1.45. The molecule has 0 N–H and O–H groups in total. The van der Waals surface area contributed by atoms with Gasteiger partial charge in [0.05, 0.1) is 0 Å². The van der Waals surface area contributed by atoms with Gasteiger partial charge in [-0.05, 0) is 17.9 Å². The van der Waals surface area contributed by atoms with Gasteiger partial charge in [-0.1, -0.05) is 49.4 Å². The highest BCUT2D eigenvalue weighted by Gasteiger charge is 2.04. The van der Waals surface area contributed by atoms with Crippen LogP contribution in [0.5, 0.6) is 0 Å². The van der Waals surface area contributed by atoms with Gasteiger partial charge in [0.25, 0.3) is 0 Å². The Balaban J connectivity index is 2.58. The Morgan fingerprint density at radius 1 is 1.40 bits per heavy atom. The molecule has 0 spiro atoms. The first-order valence-electron chi connectivity index (χ1n) is 5.30. The minimum Gasteiger partial charge on any atom is -0.300 e. The van der Waals surface area contributed by atoms with Crippen LogP contribution in [0.15, 0.2) is 36.4 Å². The standard InChI is InChI=1S/C14H17O/c1-3-13(11-12(2)15)9-10-14-7-5-4-6-8-14/h4-10,13H,2-3,11H2,1H3/b10-9+. The first-order valence-corrected chi connectivity index (χ1v) is 5.30. The molecule has 0 aliphatic carbocycles. The molecule has 0 aliphatic heterocycles. The minimum absolute atomic E-state index is 0.0135. The number of rotatable bonds is 5. The average molecular weight is 201 g/mol. The maximum atomic E-state index is 10.9. The largest absolute Gasteiger partial charge is 0.300 e. The third-order valence-corrected chi connectivity index (χ3v) is 2.37. The Bertz CT molecular complexity index is 324. The monoisotopic (exact) mass is 201 g/mol. The molecule has 0 fully saturated rings. The molecule has 1 aromatic rings. The minimum atomic E-state index is 0.0135. The van der Waals surface area contributed by atoms with Gasteiger partial charge in [-0.15, -0.1) is 0 Å². The van der Waals surface area contributed by atoms with Gasteiger partial charge in [0, 0.05) is 13.3 Å². The lowest BCUT2D eigenvalue weighted by Gasteiger charge is -2.06. The van der Waals surface area contributed by atoms with Crippen LogP contribution in [0.3, 0.4) is 0 Å². The summed E-state index contributed by atoms with van der Waals surface area (Å²) >= 11 is 0. The Kier molecular flexibility index (Phi) is 4.82. The highest BCUT2D eigenvalue weighted by Crippen LogP contribution is 2.13. The molecule has 0 aromatic heterocycles. The van der Waals surface area contributed by atoms with Crippen LogP contribution in [-0.4, -0.2) is 5.78 Å². The first-order chi connectivity index (χ1) is 7.22. The van der Waals surface area contributed by atoms with Gasteiger partial charge in [-0.2, -0.15) is 0 Å². The van der Waals surface area contributed by atoms with E-state index < -0.39 is 0 Å². The van der Waals surface area contributed by atoms with Gasteiger partial charge in [0.15, 0.2) is 0 Å². The Labute approximate surface area is 91.8 Å². The highest BCUT2D eigenvalue weighted by atomic mass is 16.1. The second kappa shape index (κ2) is 6.18. The third kappa shape index (κ3) is 4.59. The number of hydrogen-bond acceptors (Lipinski definition) is 1. The molecule has 79 valence electrons. The van der Waals surface area contributed by atoms with Crippen molar-refractivity contribution in [3.63, 3.8) is 0 Å². The molecule has 0 bridgehead atoms. The van der Waals surface area contributed by atoms with Gasteiger partial charge in [0.1, 0.15) is 5.78 Å². The topological polar surface area (TPSA) is 17.1 Å². The fourth-order valence-corrected chi connectivity index (χ4v) is 1.45. The summed E-state index contributed by atoms with van der Waals surface area (Å²) in [6.45, 7) is 5.49. The summed E-state index contributed by atoms with van der Waals surface area (Å²) in [6, 6.07) is 10.1. The van der Waals surface area contributed by atoms with E-state index in [0.29, 0.717) is 12.3 Å². The quantitative estimate of drug-likeness (QED) is 0.712. The zero-order valence-electron chi connectivity index (χ0n) is 9.15. The molecule has 0 amide bonds. The van der Waals surface area contributed by atoms with E-state index in [9.17, 15) is 4.79 Å². The van der Waals surface area contributed by atoms with Gasteiger partial charge >= 0.3 is 0 Å². The molecule has 15 heavy (non-hydrogen) atoms. The number of allylic oxidation sites excluding steroid dienone is 1. The van der Waals surface area contributed by atoms with Crippen LogP contribution in [0.1, 0.15) is 25.3 Å². The first kappa shape index (κ1) is 11.7. The molecule has 1 radical (unpaired) electrons. The van der Waals surface area contributed by atoms with E-state index in [2.05, 4.69) is 38.1 Å². The summed E-state index contributed by atoms with van der Waals surface area (Å²) in [5.74, 6) is 0.328. The van der Waals surface area contributed by atoms with E-state index in [1.54, 1.807) is 0 Å². The second-order valence-corrected chi connectivity index (χ2v) is 3.68. The number of carbonyl (C=O) groups excluding carboxylic acids is 1. The third-order valence-electron chi connectivity index (χ3n) is 2.37. The van der Waals surface area contributed by atoms with Crippen LogP contribution < -0.4 is 0 Å². The molecule has 0 aliphatic rings. The predicted octanol–water partition coefficient (Wildman–Crippen LogP) is 3.52. The SMILES string of the molecule is [CH2]C(=O)CC(/C=C/c1ccccc1)CC. The van der Waals surface area contributed by atoms with E-state index in [0.717, 1.165) is 6.42 Å². The van der Waals surface area contributed by atoms with Crippen molar-refractivity contribution in [2.24, 2.45) is 5.92 Å². The summed E-state index contributed by atoms with van der Waals surface area (Å²) in [7, 11) is 0. The summed E-state index contributed by atoms with van der Waals surface area (Å²) in [5.41, 5.74) is 1.17. The summed E-state index contributed by atoms with van der Waals surface area (Å²) in [5, 5.41) is 0. The van der Waals surface area contributed by atoms with Crippen molar-refractivity contribution in [1.29, 1.82) is 0 Å². The number of benzene rings is 1. The van der Waals surface area contributed by atoms with E-state index in [-0.39, 0.29) is 5.78 Å². The van der Waals surface area contributed by atoms with Crippen LogP contribution in [0, 0.1) is 12.8 Å². The van der Waals surface area contributed by atoms with Crippen LogP contribution in [0.4, 0.5) is 0 Å². The Hall–Kier alpha value is -1.37. The highest BCUT2D eigenvalue weighted by molar-refractivity contribution is 5.82. The lowest BCUT2D eigenvalue weighted by atomic mass is 9.99. The fraction of sp³-hybridized carbons (Fsp3) is 0.286. The van der Waals surface area contributed by atoms with Crippen molar-refractivity contribution in [2.75, 3.05) is 0 Å². The molecular weight excluding hydrogens is 184 g/mol. The second-order valence-electron chi connectivity index (χ2n) is 3.68. The van der Waals surface area contributed by atoms with Gasteiger partial charge in [-0.25, -0.2) is 0 Å². The normalized spacial score (nSPS) is 12.9. The van der Waals surface area contributed by atoms with Crippen molar-refractivity contribution in [3.8, 4) is 0 Å². The summed E-state index contributed by atoms with van der Waals surface area (Å²) < 4.78 is 0.